The number of hydrogen-bond donors (Lipinski definition) is 0. The van der Waals surface area contributed by atoms with Crippen LogP contribution >= 0.6 is 0 Å². The van der Waals surface area contributed by atoms with Crippen molar-refractivity contribution >= 4 is 22.4 Å². The number of aromatic nitrogens is 1. The van der Waals surface area contributed by atoms with Crippen molar-refractivity contribution in [1.82, 2.24) is 4.98 Å². The molecule has 0 saturated carbocycles. The van der Waals surface area contributed by atoms with Gasteiger partial charge in [0.05, 0.1) is 22.6 Å². The molecule has 0 amide bonds. The van der Waals surface area contributed by atoms with Crippen molar-refractivity contribution in [3.05, 3.63) is 23.8 Å². The van der Waals surface area contributed by atoms with Crippen LogP contribution in [0.2, 0.25) is 0 Å². The van der Waals surface area contributed by atoms with E-state index in [1.165, 1.54) is 12.3 Å². The first-order chi connectivity index (χ1) is 9.91. The summed E-state index contributed by atoms with van der Waals surface area (Å²) in [5.41, 5.74) is -0.406. The van der Waals surface area contributed by atoms with Gasteiger partial charge in [-0.1, -0.05) is 0 Å². The second-order valence-electron chi connectivity index (χ2n) is 6.67. The quantitative estimate of drug-likeness (QED) is 0.774. The van der Waals surface area contributed by atoms with Crippen molar-refractivity contribution in [3.63, 3.8) is 0 Å². The molecule has 0 unspecified atom stereocenters. The predicted octanol–water partition coefficient (Wildman–Crippen LogP) is 1.11. The van der Waals surface area contributed by atoms with Crippen LogP contribution in [0.1, 0.15) is 33.4 Å². The fraction of sp³-hybridized carbons (Fsp3) is 0.643. The predicted molar refractivity (Wildman–Crippen MR) is 83.3 cm³/mol. The van der Waals surface area contributed by atoms with Gasteiger partial charge in [0.25, 0.3) is 0 Å². The van der Waals surface area contributed by atoms with Crippen LogP contribution in [0, 0.1) is 5.82 Å². The van der Waals surface area contributed by atoms with E-state index in [1.54, 1.807) is 0 Å². The lowest BCUT2D eigenvalue weighted by Gasteiger charge is -2.32. The van der Waals surface area contributed by atoms with Gasteiger partial charge < -0.3 is 9.31 Å². The minimum Gasteiger partial charge on any atom is -0.399 e. The van der Waals surface area contributed by atoms with Crippen molar-refractivity contribution in [1.29, 1.82) is 0 Å². The van der Waals surface area contributed by atoms with Gasteiger partial charge in [-0.2, -0.15) is 0 Å². The van der Waals surface area contributed by atoms with Crippen LogP contribution in [-0.2, 0) is 25.6 Å². The van der Waals surface area contributed by atoms with Gasteiger partial charge in [0.1, 0.15) is 15.7 Å². The summed E-state index contributed by atoms with van der Waals surface area (Å²) in [5.74, 6) is -0.678. The number of rotatable bonds is 4. The topological polar surface area (TPSA) is 65.5 Å². The van der Waals surface area contributed by atoms with E-state index in [2.05, 4.69) is 4.98 Å². The zero-order chi connectivity index (χ0) is 16.8. The Kier molecular flexibility index (Phi) is 4.41. The molecule has 1 aliphatic heterocycles. The maximum Gasteiger partial charge on any atom is 0.496 e. The summed E-state index contributed by atoms with van der Waals surface area (Å²) in [6, 6.07) is 1.30. The molecule has 0 bridgehead atoms. The average Bonchev–Trinajstić information content (AvgIpc) is 2.56. The molecule has 1 aliphatic rings. The first kappa shape index (κ1) is 17.4. The summed E-state index contributed by atoms with van der Waals surface area (Å²) in [5, 5.41) is 0. The first-order valence-corrected chi connectivity index (χ1v) is 9.15. The molecule has 8 heteroatoms. The molecule has 22 heavy (non-hydrogen) atoms. The Hall–Kier alpha value is -0.985. The Morgan fingerprint density at radius 1 is 1.23 bits per heavy atom. The molecule has 122 valence electrons. The van der Waals surface area contributed by atoms with E-state index in [-0.39, 0.29) is 17.9 Å². The molecule has 0 atom stereocenters. The van der Waals surface area contributed by atoms with Crippen LogP contribution in [0.4, 0.5) is 4.39 Å². The highest BCUT2D eigenvalue weighted by Gasteiger charge is 2.51. The fourth-order valence-electron chi connectivity index (χ4n) is 2.06. The highest BCUT2D eigenvalue weighted by atomic mass is 32.2. The molecular formula is C14H21BFNO4S. The molecular weight excluding hydrogens is 308 g/mol. The lowest BCUT2D eigenvalue weighted by Crippen LogP contribution is -2.41. The van der Waals surface area contributed by atoms with E-state index in [1.807, 2.05) is 27.7 Å². The number of pyridine rings is 1. The van der Waals surface area contributed by atoms with Crippen LogP contribution in [0.15, 0.2) is 12.3 Å². The number of halogens is 1. The second-order valence-corrected chi connectivity index (χ2v) is 8.93. The van der Waals surface area contributed by atoms with Crippen LogP contribution in [0.5, 0.6) is 0 Å². The maximum atomic E-state index is 14.1. The summed E-state index contributed by atoms with van der Waals surface area (Å²) in [6.07, 6.45) is 2.64. The van der Waals surface area contributed by atoms with Gasteiger partial charge in [-0.05, 0) is 33.8 Å². The standard InChI is InChI=1S/C14H21BFNO4S/c1-13(2)14(3,4)21-15(20-13)10-8-11(16)12(17-9-10)6-7-22(5,18)19/h8-9H,6-7H2,1-5H3. The van der Waals surface area contributed by atoms with Crippen molar-refractivity contribution in [2.24, 2.45) is 0 Å². The second kappa shape index (κ2) is 5.58. The van der Waals surface area contributed by atoms with Crippen molar-refractivity contribution in [2.45, 2.75) is 45.3 Å². The third-order valence-electron chi connectivity index (χ3n) is 4.17. The summed E-state index contributed by atoms with van der Waals surface area (Å²) in [7, 11) is -3.84. The molecule has 0 N–H and O–H groups in total. The molecule has 5 nitrogen and oxygen atoms in total. The molecule has 1 fully saturated rings. The van der Waals surface area contributed by atoms with Crippen LogP contribution < -0.4 is 5.46 Å². The highest BCUT2D eigenvalue weighted by Crippen LogP contribution is 2.36. The zero-order valence-corrected chi connectivity index (χ0v) is 14.3. The number of sulfone groups is 1. The molecule has 1 aromatic rings. The Balaban J connectivity index is 2.17. The molecule has 0 spiro atoms. The van der Waals surface area contributed by atoms with Crippen molar-refractivity contribution in [3.8, 4) is 0 Å². The molecule has 2 rings (SSSR count). The summed E-state index contributed by atoms with van der Waals surface area (Å²) >= 11 is 0. The minimum atomic E-state index is -3.15. The molecule has 0 aliphatic carbocycles. The van der Waals surface area contributed by atoms with Crippen LogP contribution in [0.25, 0.3) is 0 Å². The van der Waals surface area contributed by atoms with Crippen LogP contribution in [-0.4, -0.2) is 43.7 Å². The fourth-order valence-corrected chi connectivity index (χ4v) is 2.62. The van der Waals surface area contributed by atoms with Gasteiger partial charge in [0, 0.05) is 24.3 Å². The normalized spacial score (nSPS) is 20.4. The average molecular weight is 329 g/mol. The molecule has 0 radical (unpaired) electrons. The number of nitrogens with zero attached hydrogens (tertiary/aromatic N) is 1. The largest absolute Gasteiger partial charge is 0.496 e. The van der Waals surface area contributed by atoms with Gasteiger partial charge >= 0.3 is 7.12 Å². The summed E-state index contributed by atoms with van der Waals surface area (Å²) in [6.45, 7) is 7.66. The molecule has 2 heterocycles. The minimum absolute atomic E-state index is 0.0499. The Morgan fingerprint density at radius 2 is 1.77 bits per heavy atom. The zero-order valence-electron chi connectivity index (χ0n) is 13.5. The van der Waals surface area contributed by atoms with Gasteiger partial charge in [-0.25, -0.2) is 12.8 Å². The number of hydrogen-bond acceptors (Lipinski definition) is 5. The molecule has 1 saturated heterocycles. The third-order valence-corrected chi connectivity index (χ3v) is 5.12. The van der Waals surface area contributed by atoms with E-state index < -0.39 is 34.0 Å². The molecule has 1 aromatic heterocycles. The Bertz CT molecular complexity index is 659. The lowest BCUT2D eigenvalue weighted by atomic mass is 9.80. The SMILES string of the molecule is CC1(C)OB(c2cnc(CCS(C)(=O)=O)c(F)c2)OC1(C)C. The van der Waals surface area contributed by atoms with E-state index in [0.717, 1.165) is 6.26 Å². The summed E-state index contributed by atoms with van der Waals surface area (Å²) < 4.78 is 48.1. The van der Waals surface area contributed by atoms with E-state index >= 15 is 0 Å². The van der Waals surface area contributed by atoms with Gasteiger partial charge in [0.15, 0.2) is 0 Å². The monoisotopic (exact) mass is 329 g/mol. The first-order valence-electron chi connectivity index (χ1n) is 7.09. The van der Waals surface area contributed by atoms with E-state index in [0.29, 0.717) is 5.46 Å². The van der Waals surface area contributed by atoms with Gasteiger partial charge in [-0.3, -0.25) is 4.98 Å². The maximum absolute atomic E-state index is 14.1. The Labute approximate surface area is 131 Å². The summed E-state index contributed by atoms with van der Waals surface area (Å²) in [4.78, 5) is 4.02. The third kappa shape index (κ3) is 3.67. The van der Waals surface area contributed by atoms with Gasteiger partial charge in [-0.15, -0.1) is 0 Å². The molecule has 0 aromatic carbocycles. The van der Waals surface area contributed by atoms with Gasteiger partial charge in [0.2, 0.25) is 0 Å². The smallest absolute Gasteiger partial charge is 0.399 e. The highest BCUT2D eigenvalue weighted by molar-refractivity contribution is 7.90. The van der Waals surface area contributed by atoms with Crippen LogP contribution in [0.3, 0.4) is 0 Å². The van der Waals surface area contributed by atoms with Crippen molar-refractivity contribution < 1.29 is 22.1 Å². The number of aryl methyl sites for hydroxylation is 1. The van der Waals surface area contributed by atoms with Crippen molar-refractivity contribution in [2.75, 3.05) is 12.0 Å². The Morgan fingerprint density at radius 3 is 2.23 bits per heavy atom. The van der Waals surface area contributed by atoms with E-state index in [9.17, 15) is 12.8 Å². The lowest BCUT2D eigenvalue weighted by molar-refractivity contribution is 0.00578. The van der Waals surface area contributed by atoms with E-state index in [4.69, 9.17) is 9.31 Å².